The van der Waals surface area contributed by atoms with Crippen molar-refractivity contribution in [2.45, 2.75) is 38.0 Å². The summed E-state index contributed by atoms with van der Waals surface area (Å²) in [7, 11) is -3.55. The molecule has 1 aliphatic heterocycles. The average molecular weight is 362 g/mol. The van der Waals surface area contributed by atoms with Crippen LogP contribution in [0.1, 0.15) is 31.7 Å². The fourth-order valence-electron chi connectivity index (χ4n) is 3.50. The van der Waals surface area contributed by atoms with Crippen molar-refractivity contribution in [2.75, 3.05) is 26.2 Å². The first-order chi connectivity index (χ1) is 12.0. The van der Waals surface area contributed by atoms with Gasteiger partial charge in [0, 0.05) is 24.7 Å². The van der Waals surface area contributed by atoms with E-state index in [0.717, 1.165) is 30.7 Å². The molecule has 1 saturated heterocycles. The Balaban J connectivity index is 1.71. The van der Waals surface area contributed by atoms with Gasteiger partial charge in [0.25, 0.3) is 0 Å². The van der Waals surface area contributed by atoms with Crippen LogP contribution >= 0.6 is 0 Å². The Morgan fingerprint density at radius 2 is 1.96 bits per heavy atom. The van der Waals surface area contributed by atoms with E-state index in [1.807, 2.05) is 19.1 Å². The highest BCUT2D eigenvalue weighted by molar-refractivity contribution is 7.89. The molecule has 0 saturated carbocycles. The largest absolute Gasteiger partial charge is 0.303 e. The fourth-order valence-corrected chi connectivity index (χ4v) is 4.86. The Kier molecular flexibility index (Phi) is 5.71. The zero-order valence-electron chi connectivity index (χ0n) is 15.0. The third-order valence-corrected chi connectivity index (χ3v) is 6.34. The molecule has 3 rings (SSSR count). The highest BCUT2D eigenvalue weighted by Gasteiger charge is 2.20. The minimum absolute atomic E-state index is 0.280. The zero-order valence-corrected chi connectivity index (χ0v) is 15.8. The molecule has 1 aliphatic rings. The second kappa shape index (κ2) is 7.81. The topological polar surface area (TPSA) is 62.3 Å². The second-order valence-corrected chi connectivity index (χ2v) is 8.83. The summed E-state index contributed by atoms with van der Waals surface area (Å²) in [5, 5.41) is 0.679. The normalized spacial score (nSPS) is 17.7. The quantitative estimate of drug-likeness (QED) is 0.859. The van der Waals surface area contributed by atoms with Crippen LogP contribution in [-0.2, 0) is 10.0 Å². The fraction of sp³-hybridized carbons (Fsp3) is 0.526. The number of fused-ring (bicyclic) bond motifs is 1. The maximum Gasteiger partial charge on any atom is 0.241 e. The van der Waals surface area contributed by atoms with Crippen LogP contribution in [-0.4, -0.2) is 44.5 Å². The first kappa shape index (κ1) is 18.3. The van der Waals surface area contributed by atoms with Crippen molar-refractivity contribution in [2.24, 2.45) is 5.92 Å². The van der Waals surface area contributed by atoms with Crippen molar-refractivity contribution in [1.29, 1.82) is 0 Å². The van der Waals surface area contributed by atoms with Gasteiger partial charge in [-0.25, -0.2) is 13.1 Å². The standard InChI is InChI=1S/C19H27N3O2S/c1-15(14-22-11-4-3-5-12-22)13-21-25(23,24)18-9-8-16(2)19-17(18)7-6-10-20-19/h6-10,15,21H,3-5,11-14H2,1-2H3. The van der Waals surface area contributed by atoms with Crippen molar-refractivity contribution >= 4 is 20.9 Å². The van der Waals surface area contributed by atoms with Gasteiger partial charge >= 0.3 is 0 Å². The lowest BCUT2D eigenvalue weighted by molar-refractivity contribution is 0.201. The highest BCUT2D eigenvalue weighted by atomic mass is 32.2. The number of nitrogens with zero attached hydrogens (tertiary/aromatic N) is 2. The Hall–Kier alpha value is -1.50. The molecule has 6 heteroatoms. The summed E-state index contributed by atoms with van der Waals surface area (Å²) >= 11 is 0. The maximum absolute atomic E-state index is 12.8. The molecule has 0 bridgehead atoms. The van der Waals surface area contributed by atoms with Crippen LogP contribution < -0.4 is 4.72 Å². The van der Waals surface area contributed by atoms with Crippen molar-refractivity contribution < 1.29 is 8.42 Å². The molecule has 2 aromatic rings. The van der Waals surface area contributed by atoms with Crippen LogP contribution in [0, 0.1) is 12.8 Å². The molecule has 1 aromatic carbocycles. The van der Waals surface area contributed by atoms with E-state index in [-0.39, 0.29) is 5.92 Å². The molecule has 0 radical (unpaired) electrons. The van der Waals surface area contributed by atoms with Gasteiger partial charge in [-0.1, -0.05) is 19.4 Å². The van der Waals surface area contributed by atoms with E-state index < -0.39 is 10.0 Å². The van der Waals surface area contributed by atoms with Gasteiger partial charge in [-0.15, -0.1) is 0 Å². The first-order valence-electron chi connectivity index (χ1n) is 9.04. The van der Waals surface area contributed by atoms with Crippen molar-refractivity contribution in [3.63, 3.8) is 0 Å². The predicted octanol–water partition coefficient (Wildman–Crippen LogP) is 2.94. The van der Waals surface area contributed by atoms with E-state index >= 15 is 0 Å². The number of piperidine rings is 1. The summed E-state index contributed by atoms with van der Waals surface area (Å²) in [5.41, 5.74) is 1.72. The van der Waals surface area contributed by atoms with Crippen LogP contribution in [0.4, 0.5) is 0 Å². The van der Waals surface area contributed by atoms with Gasteiger partial charge in [0.1, 0.15) is 0 Å². The van der Waals surface area contributed by atoms with E-state index in [1.165, 1.54) is 19.3 Å². The minimum Gasteiger partial charge on any atom is -0.303 e. The molecule has 1 fully saturated rings. The van der Waals surface area contributed by atoms with E-state index in [0.29, 0.717) is 16.8 Å². The maximum atomic E-state index is 12.8. The van der Waals surface area contributed by atoms with E-state index in [2.05, 4.69) is 21.5 Å². The molecule has 1 N–H and O–H groups in total. The third-order valence-electron chi connectivity index (χ3n) is 4.86. The number of aryl methyl sites for hydroxylation is 1. The summed E-state index contributed by atoms with van der Waals surface area (Å²) in [5.74, 6) is 0.280. The summed E-state index contributed by atoms with van der Waals surface area (Å²) in [6, 6.07) is 7.10. The SMILES string of the molecule is Cc1ccc(S(=O)(=O)NCC(C)CN2CCCCC2)c2cccnc12. The number of rotatable bonds is 6. The molecular formula is C19H27N3O2S. The molecule has 25 heavy (non-hydrogen) atoms. The van der Waals surface area contributed by atoms with Gasteiger partial charge in [-0.3, -0.25) is 4.98 Å². The number of hydrogen-bond acceptors (Lipinski definition) is 4. The summed E-state index contributed by atoms with van der Waals surface area (Å²) in [6.45, 7) is 7.70. The van der Waals surface area contributed by atoms with Crippen molar-refractivity contribution in [3.05, 3.63) is 36.0 Å². The van der Waals surface area contributed by atoms with Crippen molar-refractivity contribution in [3.8, 4) is 0 Å². The van der Waals surface area contributed by atoms with Gasteiger partial charge < -0.3 is 4.90 Å². The molecule has 0 aliphatic carbocycles. The monoisotopic (exact) mass is 361 g/mol. The molecule has 1 unspecified atom stereocenters. The number of aromatic nitrogens is 1. The van der Waals surface area contributed by atoms with Crippen LogP contribution in [0.25, 0.3) is 10.9 Å². The molecule has 5 nitrogen and oxygen atoms in total. The summed E-state index contributed by atoms with van der Waals surface area (Å²) in [4.78, 5) is 7.08. The molecule has 0 amide bonds. The van der Waals surface area contributed by atoms with Gasteiger partial charge in [0.15, 0.2) is 0 Å². The lowest BCUT2D eigenvalue weighted by Crippen LogP contribution is -2.38. The molecule has 1 atom stereocenters. The first-order valence-corrected chi connectivity index (χ1v) is 10.5. The molecular weight excluding hydrogens is 334 g/mol. The zero-order chi connectivity index (χ0) is 17.9. The number of hydrogen-bond donors (Lipinski definition) is 1. The Morgan fingerprint density at radius 3 is 2.72 bits per heavy atom. The minimum atomic E-state index is -3.55. The summed E-state index contributed by atoms with van der Waals surface area (Å²) in [6.07, 6.45) is 5.51. The van der Waals surface area contributed by atoms with Crippen LogP contribution in [0.5, 0.6) is 0 Å². The third kappa shape index (κ3) is 4.37. The van der Waals surface area contributed by atoms with E-state index in [9.17, 15) is 8.42 Å². The lowest BCUT2D eigenvalue weighted by Gasteiger charge is -2.29. The smallest absolute Gasteiger partial charge is 0.241 e. The Bertz CT molecular complexity index is 830. The number of benzene rings is 1. The molecule has 2 heterocycles. The van der Waals surface area contributed by atoms with Crippen LogP contribution in [0.15, 0.2) is 35.4 Å². The lowest BCUT2D eigenvalue weighted by atomic mass is 10.1. The average Bonchev–Trinajstić information content (AvgIpc) is 2.61. The number of nitrogens with one attached hydrogen (secondary N) is 1. The Labute approximate surface area is 150 Å². The van der Waals surface area contributed by atoms with Gasteiger partial charge in [0.05, 0.1) is 10.4 Å². The van der Waals surface area contributed by atoms with Gasteiger partial charge in [-0.05, 0) is 62.5 Å². The van der Waals surface area contributed by atoms with Crippen LogP contribution in [0.3, 0.4) is 0 Å². The molecule has 136 valence electrons. The Morgan fingerprint density at radius 1 is 1.20 bits per heavy atom. The number of pyridine rings is 1. The molecule has 1 aromatic heterocycles. The predicted molar refractivity (Wildman–Crippen MR) is 101 cm³/mol. The van der Waals surface area contributed by atoms with E-state index in [4.69, 9.17) is 0 Å². The number of likely N-dealkylation sites (tertiary alicyclic amines) is 1. The van der Waals surface area contributed by atoms with Crippen LogP contribution in [0.2, 0.25) is 0 Å². The van der Waals surface area contributed by atoms with Gasteiger partial charge in [0.2, 0.25) is 10.0 Å². The summed E-state index contributed by atoms with van der Waals surface area (Å²) < 4.78 is 28.4. The highest BCUT2D eigenvalue weighted by Crippen LogP contribution is 2.24. The van der Waals surface area contributed by atoms with Crippen molar-refractivity contribution in [1.82, 2.24) is 14.6 Å². The second-order valence-electron chi connectivity index (χ2n) is 7.10. The molecule has 0 spiro atoms. The number of sulfonamides is 1. The van der Waals surface area contributed by atoms with Gasteiger partial charge in [-0.2, -0.15) is 0 Å². The van der Waals surface area contributed by atoms with E-state index in [1.54, 1.807) is 18.3 Å².